The van der Waals surface area contributed by atoms with E-state index in [1.54, 1.807) is 0 Å². The highest BCUT2D eigenvalue weighted by atomic mass is 19.5. The normalized spacial score (nSPS) is 15.2. The zero-order valence-corrected chi connectivity index (χ0v) is 47.6. The number of anilines is 4. The molecule has 0 spiro atoms. The lowest BCUT2D eigenvalue weighted by Gasteiger charge is -2.42. The quantitative estimate of drug-likeness (QED) is 0.0409. The van der Waals surface area contributed by atoms with Gasteiger partial charge in [0.2, 0.25) is 0 Å². The van der Waals surface area contributed by atoms with Crippen molar-refractivity contribution in [2.24, 2.45) is 0 Å². The number of nitrogens with two attached hydrogens (primary N) is 4. The maximum atomic E-state index is 14.8. The summed E-state index contributed by atoms with van der Waals surface area (Å²) < 4.78 is 682. The fraction of sp³-hybridized carbons (Fsp3) is 0.500. The Balaban J connectivity index is 0.000000771. The van der Waals surface area contributed by atoms with Crippen LogP contribution >= 0.6 is 0 Å². The number of hydrogen-bond donors (Lipinski definition) is 4. The van der Waals surface area contributed by atoms with Gasteiger partial charge in [0.05, 0.1) is 0 Å². The second kappa shape index (κ2) is 27.1. The van der Waals surface area contributed by atoms with Gasteiger partial charge in [-0.3, -0.25) is 0 Å². The number of nitrogen functional groups attached to an aromatic ring is 4. The Morgan fingerprint density at radius 3 is 0.571 bits per heavy atom. The topological polar surface area (TPSA) is 123 Å². The number of hydrogen-bond acceptors (Lipinski definition) is 6. The summed E-state index contributed by atoms with van der Waals surface area (Å²) in [5, 5.41) is 0. The summed E-state index contributed by atoms with van der Waals surface area (Å²) in [4.78, 5) is 0. The van der Waals surface area contributed by atoms with Crippen molar-refractivity contribution in [2.45, 2.75) is 144 Å². The molecule has 0 unspecified atom stereocenters. The molecule has 0 aliphatic heterocycles. The summed E-state index contributed by atoms with van der Waals surface area (Å²) in [6.07, 6.45) is -45.7. The second-order valence-corrected chi connectivity index (χ2v) is 20.2. The molecule has 0 aliphatic rings. The molecular weight excluding hydrogens is 1630 g/mol. The molecule has 604 valence electrons. The van der Waals surface area contributed by atoms with E-state index in [0.29, 0.717) is 0 Å². The predicted molar refractivity (Wildman–Crippen MR) is 246 cm³/mol. The first kappa shape index (κ1) is 93.2. The van der Waals surface area contributed by atoms with Crippen LogP contribution in [0.2, 0.25) is 0 Å². The van der Waals surface area contributed by atoms with Crippen molar-refractivity contribution in [1.82, 2.24) is 0 Å². The number of benzene rings is 4. The summed E-state index contributed by atoms with van der Waals surface area (Å²) >= 11 is 0. The molecule has 4 aromatic carbocycles. The lowest BCUT2D eigenvalue weighted by molar-refractivity contribution is -0.471. The van der Waals surface area contributed by atoms with Crippen molar-refractivity contribution >= 4 is 22.7 Å². The van der Waals surface area contributed by atoms with Gasteiger partial charge < -0.3 is 32.4 Å². The van der Waals surface area contributed by atoms with Gasteiger partial charge in [0.25, 0.3) is 0 Å². The summed E-state index contributed by atoms with van der Waals surface area (Å²) in [7, 11) is 0. The molecule has 0 heterocycles. The third-order valence-electron chi connectivity index (χ3n) is 12.9. The molecule has 0 aromatic heterocycles. The molecule has 0 radical (unpaired) electrons. The summed E-state index contributed by atoms with van der Waals surface area (Å²) in [5.41, 5.74) is 18.1. The Hall–Kier alpha value is -7.89. The fourth-order valence-corrected chi connectivity index (χ4v) is 6.86. The van der Waals surface area contributed by atoms with E-state index >= 15 is 0 Å². The zero-order valence-electron chi connectivity index (χ0n) is 47.6. The Morgan fingerprint density at radius 2 is 0.381 bits per heavy atom. The van der Waals surface area contributed by atoms with Crippen LogP contribution in [0.4, 0.5) is 247 Å². The van der Waals surface area contributed by atoms with Crippen LogP contribution in [0.15, 0.2) is 84.9 Å². The van der Waals surface area contributed by atoms with Gasteiger partial charge in [-0.1, -0.05) is 24.3 Å². The first-order valence-electron chi connectivity index (χ1n) is 24.6. The minimum absolute atomic E-state index is 0.0747. The van der Waals surface area contributed by atoms with Gasteiger partial charge >= 0.3 is 144 Å². The van der Waals surface area contributed by atoms with Crippen molar-refractivity contribution in [3.05, 3.63) is 84.9 Å². The van der Waals surface area contributed by atoms with Crippen LogP contribution in [0.25, 0.3) is 22.3 Å². The molecule has 0 atom stereocenters. The van der Waals surface area contributed by atoms with Crippen LogP contribution < -0.4 is 32.4 Å². The smallest absolute Gasteiger partial charge is 0.427 e. The Labute approximate surface area is 541 Å². The summed E-state index contributed by atoms with van der Waals surface area (Å²) in [6.45, 7) is 0. The van der Waals surface area contributed by atoms with Gasteiger partial charge in [-0.15, -0.1) is 0 Å². The molecule has 57 heteroatoms. The minimum Gasteiger partial charge on any atom is -0.427 e. The van der Waals surface area contributed by atoms with Gasteiger partial charge in [-0.25, -0.2) is 8.78 Å². The molecule has 0 aliphatic carbocycles. The molecule has 0 saturated heterocycles. The zero-order chi connectivity index (χ0) is 84.2. The molecule has 0 saturated carbocycles. The van der Waals surface area contributed by atoms with Gasteiger partial charge in [-0.2, -0.15) is 215 Å². The van der Waals surface area contributed by atoms with E-state index in [-0.39, 0.29) is 24.3 Å². The summed E-state index contributed by atoms with van der Waals surface area (Å²) in [6, 6.07) is 14.0. The minimum atomic E-state index is -9.22. The van der Waals surface area contributed by atoms with Crippen LogP contribution in [-0.2, 0) is 0 Å². The number of alkyl halides is 51. The van der Waals surface area contributed by atoms with E-state index in [2.05, 4.69) is 9.47 Å². The molecule has 0 amide bonds. The van der Waals surface area contributed by atoms with Gasteiger partial charge in [0.1, 0.15) is 11.5 Å². The largest absolute Gasteiger partial charge is 0.471 e. The number of ether oxygens (including phenoxy) is 2. The van der Waals surface area contributed by atoms with E-state index in [9.17, 15) is 224 Å². The first-order chi connectivity index (χ1) is 45.6. The van der Waals surface area contributed by atoms with Crippen LogP contribution in [-0.4, -0.2) is 144 Å². The third kappa shape index (κ3) is 14.5. The highest BCUT2D eigenvalue weighted by Gasteiger charge is 2.99. The van der Waals surface area contributed by atoms with Crippen molar-refractivity contribution in [3.8, 4) is 33.8 Å². The average Bonchev–Trinajstić information content (AvgIpc) is 0.706. The second-order valence-electron chi connectivity index (χ2n) is 20.2. The van der Waals surface area contributed by atoms with Gasteiger partial charge in [-0.05, 0) is 59.7 Å². The van der Waals surface area contributed by atoms with Crippen LogP contribution in [0.5, 0.6) is 11.5 Å². The van der Waals surface area contributed by atoms with Crippen LogP contribution in [0.3, 0.4) is 0 Å². The third-order valence-corrected chi connectivity index (χ3v) is 12.9. The maximum Gasteiger partial charge on any atom is 0.471 e. The maximum absolute atomic E-state index is 14.8. The lowest BCUT2D eigenvalue weighted by Crippen LogP contribution is -2.74. The van der Waals surface area contributed by atoms with E-state index in [1.165, 1.54) is 0 Å². The molecule has 8 N–H and O–H groups in total. The molecular formula is C48H23F51N4O2. The summed E-state index contributed by atoms with van der Waals surface area (Å²) in [5.74, 6) is -162. The predicted octanol–water partition coefficient (Wildman–Crippen LogP) is 21.4. The number of halogens is 51. The van der Waals surface area contributed by atoms with Crippen molar-refractivity contribution < 1.29 is 233 Å². The van der Waals surface area contributed by atoms with Gasteiger partial charge in [0.15, 0.2) is 0 Å². The van der Waals surface area contributed by atoms with Crippen molar-refractivity contribution in [2.75, 3.05) is 22.9 Å². The Bertz CT molecular complexity index is 3450. The molecule has 0 fully saturated rings. The molecule has 6 nitrogen and oxygen atoms in total. The van der Waals surface area contributed by atoms with E-state index in [1.807, 2.05) is 48.5 Å². The molecule has 105 heavy (non-hydrogen) atoms. The molecule has 0 bridgehead atoms. The fourth-order valence-electron chi connectivity index (χ4n) is 6.86. The van der Waals surface area contributed by atoms with Crippen molar-refractivity contribution in [3.63, 3.8) is 0 Å². The van der Waals surface area contributed by atoms with Crippen LogP contribution in [0, 0.1) is 0 Å². The monoisotopic (exact) mass is 1660 g/mol. The van der Waals surface area contributed by atoms with E-state index in [4.69, 9.17) is 22.9 Å². The standard InChI is InChI=1S/C28H10F34N2O2.C12H12N2.C8HF17/c29-13(30,17(37,38)21(45,46)25(53,54)55)15(33,34)19(41,42)23(49,50)27(59,60)65-11-5-7(63)1-3-9(11)10-4-2-8(64)6-12(10)66-28(61,62)24(51,52)20(43,44)16(35,36)14(31,32)18(39,40)22(47,48)26(56,57)58;13-11-5-1-9(2-6-11)10-3-7-12(14)8-4-10;9-1(10)2(11,12)3(13,14)4(15,16)5(17,18)6(19,20)7(21,22)8(23,24)25/h1-6H,63-64H2;1-8H,13-14H2;1H. The Kier molecular flexibility index (Phi) is 24.1. The average molecular weight is 1660 g/mol. The SMILES string of the molecule is FC(F)C(F)(F)C(F)(F)C(F)(F)C(F)(F)C(F)(F)C(F)(F)C(F)(F)F.Nc1ccc(-c2ccc(N)cc2)cc1.Nc1ccc(-c2ccc(N)cc2OC(F)(F)C(F)(F)C(F)(F)C(F)(F)C(F)(F)C(F)(F)C(F)(F)C(F)(F)F)c(OC(F)(F)C(F)(F)C(F)(F)C(F)(F)C(F)(F)C(F)(F)C(F)(F)C(F)(F)F)c1. The Morgan fingerprint density at radius 1 is 0.210 bits per heavy atom. The molecule has 4 aromatic rings. The highest BCUT2D eigenvalue weighted by molar-refractivity contribution is 5.79. The molecule has 4 rings (SSSR count). The van der Waals surface area contributed by atoms with Crippen LogP contribution in [0.1, 0.15) is 0 Å². The van der Waals surface area contributed by atoms with Crippen molar-refractivity contribution in [1.29, 1.82) is 0 Å². The number of rotatable bonds is 24. The van der Waals surface area contributed by atoms with Gasteiger partial charge in [0, 0.05) is 46.0 Å². The van der Waals surface area contributed by atoms with E-state index < -0.39 is 190 Å². The first-order valence-corrected chi connectivity index (χ1v) is 24.6. The highest BCUT2D eigenvalue weighted by Crippen LogP contribution is 2.68. The lowest BCUT2D eigenvalue weighted by atomic mass is 9.90. The van der Waals surface area contributed by atoms with E-state index in [0.717, 1.165) is 22.5 Å².